The number of aromatic nitrogens is 4. The molecule has 0 saturated carbocycles. The zero-order valence-electron chi connectivity index (χ0n) is 91.8. The van der Waals surface area contributed by atoms with Gasteiger partial charge < -0.3 is 17.7 Å². The highest BCUT2D eigenvalue weighted by atomic mass is 16.3. The van der Waals surface area contributed by atoms with E-state index in [1.54, 1.807) is 151 Å². The Kier molecular flexibility index (Phi) is 11.4. The van der Waals surface area contributed by atoms with E-state index < -0.39 is 119 Å². The standard InChI is InChI=1S/3C24H23N2O.C22H19N2O/c1-14(2)18-9-16(4)26(5)22(11-18)19-12-24-20(8-15(19)3)21-10-17(13-25)6-7-23(21)27-24;1-14(2)18-9-16(4)26(5)22(11-18)20-12-24-21(8-15(20)3)19-7-6-17(13-25)10-23(19)27-24;1-14(2)18-10-16(4)26(5)22(11-18)20-12-23-21(9-15(20)3)19-8-6-7-17(13-25)24(19)27-23;1-13-7-15(3)24(4)20(8-13)17-11-22-18(9-14(17)2)19-10-16(12-23)5-6-21(19)25-22/h3*6-12,14H,1-5H3;5-11H,1-4H3/q4*+1/i2*1D3,2D3,9D,11D,14D;1D3,2D3,10D,11D,14D;1D3,7D,8D. The molecule has 0 unspecified atom stereocenters. The molecule has 524 valence electrons. The summed E-state index contributed by atoms with van der Waals surface area (Å²) < 4.78 is 291. The van der Waals surface area contributed by atoms with Crippen molar-refractivity contribution in [1.29, 1.82) is 21.0 Å². The van der Waals surface area contributed by atoms with Gasteiger partial charge in [-0.15, -0.1) is 0 Å². The molecule has 0 saturated heterocycles. The van der Waals surface area contributed by atoms with Gasteiger partial charge in [-0.1, -0.05) is 53.2 Å². The van der Waals surface area contributed by atoms with Crippen molar-refractivity contribution < 1.29 is 79.8 Å². The molecule has 8 aromatic heterocycles. The fraction of sp³-hybridized carbons (Fsp3) is 0.234. The summed E-state index contributed by atoms with van der Waals surface area (Å²) in [6.07, 6.45) is 0. The maximum atomic E-state index is 9.45. The molecule has 0 radical (unpaired) electrons. The van der Waals surface area contributed by atoms with Gasteiger partial charge in [0.1, 0.15) is 73.3 Å². The quantitative estimate of drug-likeness (QED) is 0.142. The normalized spacial score (nSPS) is 16.9. The van der Waals surface area contributed by atoms with Crippen LogP contribution in [0.15, 0.2) is 187 Å². The first-order valence-electron chi connectivity index (χ1n) is 49.2. The second-order valence-corrected chi connectivity index (χ2v) is 25.9. The van der Waals surface area contributed by atoms with E-state index >= 15 is 0 Å². The van der Waals surface area contributed by atoms with E-state index in [9.17, 15) is 21.0 Å². The number of furan rings is 4. The number of rotatable bonds is 7. The molecule has 8 aromatic carbocycles. The van der Waals surface area contributed by atoms with E-state index in [0.29, 0.717) is 117 Å². The summed E-state index contributed by atoms with van der Waals surface area (Å²) in [6.45, 7) is -9.06. The largest absolute Gasteiger partial charge is 0.456 e. The van der Waals surface area contributed by atoms with Crippen LogP contribution in [0.4, 0.5) is 0 Å². The number of nitriles is 4. The van der Waals surface area contributed by atoms with Gasteiger partial charge in [0.2, 0.25) is 22.8 Å². The van der Waals surface area contributed by atoms with E-state index in [1.165, 1.54) is 34.5 Å². The van der Waals surface area contributed by atoms with Gasteiger partial charge in [-0.05, 0) is 206 Å². The van der Waals surface area contributed by atoms with Gasteiger partial charge in [0.25, 0.3) is 0 Å². The van der Waals surface area contributed by atoms with Gasteiger partial charge in [0.05, 0.1) is 73.7 Å². The Balaban J connectivity index is 0.000000156. The minimum atomic E-state index is -3.33. The minimum Gasteiger partial charge on any atom is -0.456 e. The number of aryl methyl sites for hydroxylation is 4. The molecule has 0 aliphatic heterocycles. The first-order valence-corrected chi connectivity index (χ1v) is 33.2. The third kappa shape index (κ3) is 13.4. The lowest BCUT2D eigenvalue weighted by Crippen LogP contribution is -2.35. The minimum absolute atomic E-state index is 0.141. The molecule has 0 bridgehead atoms. The van der Waals surface area contributed by atoms with Crippen molar-refractivity contribution in [3.8, 4) is 69.3 Å². The number of nitrogens with zero attached hydrogens (tertiary/aromatic N) is 8. The lowest BCUT2D eigenvalue weighted by atomic mass is 9.96. The van der Waals surface area contributed by atoms with Crippen molar-refractivity contribution >= 4 is 87.8 Å². The Bertz CT molecular complexity index is 7860. The van der Waals surface area contributed by atoms with E-state index in [-0.39, 0.29) is 51.8 Å². The Morgan fingerprint density at radius 3 is 1.08 bits per heavy atom. The highest BCUT2D eigenvalue weighted by Gasteiger charge is 2.26. The summed E-state index contributed by atoms with van der Waals surface area (Å²) in [5.41, 5.74) is 10.5. The summed E-state index contributed by atoms with van der Waals surface area (Å²) in [6, 6.07) is 39.9. The van der Waals surface area contributed by atoms with Crippen LogP contribution in [-0.2, 0) is 28.2 Å². The fourth-order valence-corrected chi connectivity index (χ4v) is 13.1. The van der Waals surface area contributed by atoms with E-state index in [2.05, 4.69) is 24.3 Å². The summed E-state index contributed by atoms with van der Waals surface area (Å²) in [4.78, 5) is 0. The molecule has 0 amide bonds. The van der Waals surface area contributed by atoms with Gasteiger partial charge in [-0.25, -0.2) is 0 Å². The summed E-state index contributed by atoms with van der Waals surface area (Å²) in [5, 5.41) is 43.3. The first-order chi connectivity index (χ1) is 63.7. The van der Waals surface area contributed by atoms with Crippen molar-refractivity contribution in [2.75, 3.05) is 0 Å². The number of benzene rings is 8. The number of hydrogen-bond acceptors (Lipinski definition) is 8. The molecule has 16 rings (SSSR count). The topological polar surface area (TPSA) is 163 Å². The van der Waals surface area contributed by atoms with Crippen LogP contribution in [0.3, 0.4) is 0 Å². The van der Waals surface area contributed by atoms with Crippen LogP contribution in [0, 0.1) is 108 Å². The molecule has 0 fully saturated rings. The van der Waals surface area contributed by atoms with E-state index in [0.717, 1.165) is 48.7 Å². The van der Waals surface area contributed by atoms with Crippen LogP contribution in [-0.4, -0.2) is 0 Å². The van der Waals surface area contributed by atoms with Crippen molar-refractivity contribution in [3.63, 3.8) is 0 Å². The molecule has 0 atom stereocenters. The van der Waals surface area contributed by atoms with Crippen LogP contribution >= 0.6 is 0 Å². The molecule has 8 heterocycles. The lowest BCUT2D eigenvalue weighted by molar-refractivity contribution is -0.666. The predicted molar refractivity (Wildman–Crippen MR) is 425 cm³/mol. The summed E-state index contributed by atoms with van der Waals surface area (Å²) in [5.74, 6) is -9.57. The maximum Gasteiger partial charge on any atom is 0.213 e. The molecule has 0 aliphatic rings. The van der Waals surface area contributed by atoms with E-state index in [4.69, 9.17) is 61.5 Å². The monoisotopic (exact) mass is 1420 g/mol. The second-order valence-electron chi connectivity index (χ2n) is 25.9. The zero-order valence-corrected chi connectivity index (χ0v) is 59.8. The molecule has 106 heavy (non-hydrogen) atoms. The van der Waals surface area contributed by atoms with Crippen molar-refractivity contribution in [2.24, 2.45) is 28.2 Å². The number of fused-ring (bicyclic) bond motifs is 12. The molecule has 12 nitrogen and oxygen atoms in total. The molecule has 0 spiro atoms. The smallest absolute Gasteiger partial charge is 0.213 e. The molecular weight excluding hydrogens is 1310 g/mol. The highest BCUT2D eigenvalue weighted by molar-refractivity contribution is 6.10. The average molecular weight is 1430 g/mol. The van der Waals surface area contributed by atoms with Crippen molar-refractivity contribution in [2.45, 2.75) is 121 Å². The molecule has 12 heteroatoms. The third-order valence-electron chi connectivity index (χ3n) is 19.1. The highest BCUT2D eigenvalue weighted by Crippen LogP contribution is 2.40. The van der Waals surface area contributed by atoms with E-state index in [1.807, 2.05) is 37.3 Å². The van der Waals surface area contributed by atoms with Gasteiger partial charge in [-0.2, -0.15) is 39.3 Å². The fourth-order valence-electron chi connectivity index (χ4n) is 13.1. The van der Waals surface area contributed by atoms with Crippen LogP contribution in [0.2, 0.25) is 0 Å². The van der Waals surface area contributed by atoms with Crippen molar-refractivity contribution in [3.05, 3.63) is 259 Å². The van der Waals surface area contributed by atoms with Gasteiger partial charge in [-0.3, -0.25) is 0 Å². The zero-order chi connectivity index (χ0) is 103. The van der Waals surface area contributed by atoms with Gasteiger partial charge in [0.15, 0.2) is 28.4 Å². The number of para-hydroxylation sites is 1. The van der Waals surface area contributed by atoms with Crippen LogP contribution in [0.5, 0.6) is 0 Å². The Morgan fingerprint density at radius 2 is 0.679 bits per heavy atom. The maximum absolute atomic E-state index is 9.45. The summed E-state index contributed by atoms with van der Waals surface area (Å²) >= 11 is 0. The predicted octanol–water partition coefficient (Wildman–Crippen LogP) is 21.9. The lowest BCUT2D eigenvalue weighted by Gasteiger charge is -2.11. The van der Waals surface area contributed by atoms with Crippen molar-refractivity contribution in [1.82, 2.24) is 0 Å². The number of hydrogen-bond donors (Lipinski definition) is 0. The molecule has 0 aliphatic carbocycles. The Hall–Kier alpha value is -12.5. The molecule has 16 aromatic rings. The Morgan fingerprint density at radius 1 is 0.340 bits per heavy atom. The molecular formula is C94H88N8O4+4. The number of pyridine rings is 4. The SMILES string of the molecule is [2H]c1c(C([2H])(C([2H])([2H])[2H])C([2H])([2H])[2H])c([2H])c(-c2cc3oc4c(C#N)cccc4c3cc2C)[n+](C)c1C.[2H]c1c(C([2H])(C([2H])([2H])[2H])C([2H])([2H])[2H])c([2H])c(-c2cc3oc4cc(C#N)ccc4c3cc2C)[n+](C)c1C.[2H]c1c(C([2H])(C([2H])([2H])[2H])C([2H])([2H])[2H])c([2H])c(-c2cc3oc4ccc(C#N)cc4c3cc2C)[n+](C)c1C.[2H]c1c(C([2H])([2H])[2H])c([2H])c(-c2cc3oc4ccc(C#N)cc4c3cc2C)[n+](C)c1C. The third-order valence-corrected chi connectivity index (χ3v) is 19.1. The molecule has 0 N–H and O–H groups in total. The summed E-state index contributed by atoms with van der Waals surface area (Å²) in [7, 11) is 6.52. The van der Waals surface area contributed by atoms with Crippen LogP contribution in [0.1, 0.15) is 192 Å². The Labute approximate surface area is 664 Å². The second kappa shape index (κ2) is 28.6. The van der Waals surface area contributed by atoms with Gasteiger partial charge >= 0.3 is 0 Å². The first kappa shape index (κ1) is 42.3. The average Bonchev–Trinajstić information content (AvgIpc) is 0.822. The van der Waals surface area contributed by atoms with Crippen LogP contribution in [0.25, 0.3) is 133 Å². The van der Waals surface area contributed by atoms with Gasteiger partial charge in [0, 0.05) is 152 Å². The van der Waals surface area contributed by atoms with Crippen LogP contribution < -0.4 is 18.3 Å².